The summed E-state index contributed by atoms with van der Waals surface area (Å²) in [5.41, 5.74) is 1.94. The topological polar surface area (TPSA) is 20.7 Å². The highest BCUT2D eigenvalue weighted by Crippen LogP contribution is 2.26. The summed E-state index contributed by atoms with van der Waals surface area (Å²) in [7, 11) is 0. The van der Waals surface area contributed by atoms with Gasteiger partial charge in [-0.05, 0) is 46.3 Å². The van der Waals surface area contributed by atoms with Crippen LogP contribution in [0.2, 0.25) is 5.02 Å². The summed E-state index contributed by atoms with van der Waals surface area (Å²) >= 11 is 16.8. The summed E-state index contributed by atoms with van der Waals surface area (Å²) < 4.78 is 3.83. The smallest absolute Gasteiger partial charge is 0.178 e. The Bertz CT molecular complexity index is 772. The Balaban J connectivity index is 2.16. The third-order valence-electron chi connectivity index (χ3n) is 2.68. The van der Waals surface area contributed by atoms with Gasteiger partial charge in [-0.1, -0.05) is 17.7 Å². The van der Waals surface area contributed by atoms with Crippen LogP contribution in [0, 0.1) is 4.77 Å². The molecule has 2 heterocycles. The summed E-state index contributed by atoms with van der Waals surface area (Å²) in [5, 5.41) is 2.78. The molecule has 0 aliphatic carbocycles. The van der Waals surface area contributed by atoms with Crippen LogP contribution in [0.4, 0.5) is 0 Å². The van der Waals surface area contributed by atoms with Gasteiger partial charge in [-0.3, -0.25) is 0 Å². The highest BCUT2D eigenvalue weighted by molar-refractivity contribution is 9.10. The Morgan fingerprint density at radius 3 is 3.00 bits per heavy atom. The molecule has 0 fully saturated rings. The SMILES string of the molecule is S=c1[nH]c2cccc(Cl)c2n1Cc1cc(Br)cs1. The first-order chi connectivity index (χ1) is 8.65. The van der Waals surface area contributed by atoms with Crippen molar-refractivity contribution in [2.45, 2.75) is 6.54 Å². The summed E-state index contributed by atoms with van der Waals surface area (Å²) in [6.45, 7) is 0.735. The average Bonchev–Trinajstić information content (AvgIpc) is 2.85. The lowest BCUT2D eigenvalue weighted by Gasteiger charge is -2.03. The largest absolute Gasteiger partial charge is 0.331 e. The maximum Gasteiger partial charge on any atom is 0.178 e. The molecule has 0 spiro atoms. The molecule has 0 aliphatic rings. The van der Waals surface area contributed by atoms with Crippen LogP contribution in [0.5, 0.6) is 0 Å². The summed E-state index contributed by atoms with van der Waals surface area (Å²) in [4.78, 5) is 4.42. The van der Waals surface area contributed by atoms with E-state index in [2.05, 4.69) is 32.4 Å². The summed E-state index contributed by atoms with van der Waals surface area (Å²) in [6.07, 6.45) is 0. The molecule has 3 rings (SSSR count). The molecule has 0 radical (unpaired) electrons. The molecule has 1 N–H and O–H groups in total. The van der Waals surface area contributed by atoms with Crippen LogP contribution in [0.15, 0.2) is 34.1 Å². The number of hydrogen-bond acceptors (Lipinski definition) is 2. The van der Waals surface area contributed by atoms with Gasteiger partial charge in [0, 0.05) is 14.7 Å². The van der Waals surface area contributed by atoms with Crippen LogP contribution in [0.25, 0.3) is 11.0 Å². The zero-order chi connectivity index (χ0) is 12.7. The monoisotopic (exact) mass is 358 g/mol. The lowest BCUT2D eigenvalue weighted by molar-refractivity contribution is 0.823. The van der Waals surface area contributed by atoms with E-state index in [1.54, 1.807) is 11.3 Å². The minimum absolute atomic E-state index is 0.697. The number of para-hydroxylation sites is 1. The van der Waals surface area contributed by atoms with Crippen molar-refractivity contribution < 1.29 is 0 Å². The van der Waals surface area contributed by atoms with Crippen molar-refractivity contribution in [2.24, 2.45) is 0 Å². The van der Waals surface area contributed by atoms with Crippen molar-refractivity contribution in [3.63, 3.8) is 0 Å². The van der Waals surface area contributed by atoms with E-state index in [4.69, 9.17) is 23.8 Å². The molecule has 2 aromatic heterocycles. The van der Waals surface area contributed by atoms with E-state index < -0.39 is 0 Å². The highest BCUT2D eigenvalue weighted by atomic mass is 79.9. The Morgan fingerprint density at radius 2 is 2.28 bits per heavy atom. The molecule has 0 atom stereocenters. The van der Waals surface area contributed by atoms with Gasteiger partial charge in [0.15, 0.2) is 4.77 Å². The number of benzene rings is 1. The first-order valence-corrected chi connectivity index (χ1v) is 7.71. The Labute approximate surface area is 126 Å². The first kappa shape index (κ1) is 12.4. The van der Waals surface area contributed by atoms with E-state index in [9.17, 15) is 0 Å². The highest BCUT2D eigenvalue weighted by Gasteiger charge is 2.09. The fourth-order valence-corrected chi connectivity index (χ4v) is 3.90. The number of rotatable bonds is 2. The minimum Gasteiger partial charge on any atom is -0.331 e. The lowest BCUT2D eigenvalue weighted by atomic mass is 10.3. The third kappa shape index (κ3) is 2.16. The zero-order valence-electron chi connectivity index (χ0n) is 9.11. The molecule has 92 valence electrons. The number of aromatic amines is 1. The molecule has 0 unspecified atom stereocenters. The normalized spacial score (nSPS) is 11.2. The van der Waals surface area contributed by atoms with E-state index >= 15 is 0 Å². The molecule has 0 saturated carbocycles. The second-order valence-corrected chi connectivity index (χ2v) is 6.59. The van der Waals surface area contributed by atoms with Crippen LogP contribution >= 0.6 is 51.1 Å². The number of imidazole rings is 1. The van der Waals surface area contributed by atoms with E-state index in [1.165, 1.54) is 4.88 Å². The van der Waals surface area contributed by atoms with E-state index in [0.717, 1.165) is 27.1 Å². The fourth-order valence-electron chi connectivity index (χ4n) is 1.92. The Hall–Kier alpha value is -0.620. The Morgan fingerprint density at radius 1 is 1.44 bits per heavy atom. The molecular formula is C12H8BrClN2S2. The van der Waals surface area contributed by atoms with Crippen LogP contribution in [0.1, 0.15) is 4.88 Å². The summed E-state index contributed by atoms with van der Waals surface area (Å²) in [6, 6.07) is 7.88. The van der Waals surface area contributed by atoms with Crippen molar-refractivity contribution in [1.82, 2.24) is 9.55 Å². The second kappa shape index (κ2) is 4.81. The standard InChI is InChI=1S/C12H8BrClN2S2/c13-7-4-8(18-6-7)5-16-11-9(14)2-1-3-10(11)15-12(16)17/h1-4,6H,5H2,(H,15,17). The van der Waals surface area contributed by atoms with Gasteiger partial charge < -0.3 is 9.55 Å². The zero-order valence-corrected chi connectivity index (χ0v) is 13.1. The first-order valence-electron chi connectivity index (χ1n) is 5.25. The van der Waals surface area contributed by atoms with Crippen molar-refractivity contribution >= 4 is 62.1 Å². The van der Waals surface area contributed by atoms with E-state index in [0.29, 0.717) is 4.77 Å². The van der Waals surface area contributed by atoms with Crippen molar-refractivity contribution in [1.29, 1.82) is 0 Å². The minimum atomic E-state index is 0.697. The second-order valence-electron chi connectivity index (χ2n) is 3.88. The quantitative estimate of drug-likeness (QED) is 0.622. The molecule has 0 bridgehead atoms. The molecule has 1 aromatic carbocycles. The number of thiophene rings is 1. The van der Waals surface area contributed by atoms with Gasteiger partial charge in [0.05, 0.1) is 22.6 Å². The molecule has 0 aliphatic heterocycles. The number of aromatic nitrogens is 2. The number of hydrogen-bond donors (Lipinski definition) is 1. The van der Waals surface area contributed by atoms with Crippen molar-refractivity contribution in [2.75, 3.05) is 0 Å². The molecule has 0 saturated heterocycles. The van der Waals surface area contributed by atoms with Crippen LogP contribution < -0.4 is 0 Å². The summed E-state index contributed by atoms with van der Waals surface area (Å²) in [5.74, 6) is 0. The molecule has 18 heavy (non-hydrogen) atoms. The maximum absolute atomic E-state index is 6.25. The van der Waals surface area contributed by atoms with Gasteiger partial charge in [-0.2, -0.15) is 0 Å². The molecule has 0 amide bonds. The average molecular weight is 360 g/mol. The van der Waals surface area contributed by atoms with Crippen LogP contribution in [-0.2, 0) is 6.54 Å². The van der Waals surface area contributed by atoms with Crippen molar-refractivity contribution in [3.05, 3.63) is 48.8 Å². The number of nitrogens with one attached hydrogen (secondary N) is 1. The van der Waals surface area contributed by atoms with Gasteiger partial charge in [0.1, 0.15) is 0 Å². The number of halogens is 2. The number of fused-ring (bicyclic) bond motifs is 1. The van der Waals surface area contributed by atoms with E-state index in [-0.39, 0.29) is 0 Å². The van der Waals surface area contributed by atoms with Gasteiger partial charge >= 0.3 is 0 Å². The predicted molar refractivity (Wildman–Crippen MR) is 83.3 cm³/mol. The molecule has 3 aromatic rings. The van der Waals surface area contributed by atoms with Gasteiger partial charge in [-0.25, -0.2) is 0 Å². The van der Waals surface area contributed by atoms with Gasteiger partial charge in [0.25, 0.3) is 0 Å². The molecule has 6 heteroatoms. The molecule has 2 nitrogen and oxygen atoms in total. The number of H-pyrrole nitrogens is 1. The molecular weight excluding hydrogens is 352 g/mol. The van der Waals surface area contributed by atoms with Gasteiger partial charge in [0.2, 0.25) is 0 Å². The van der Waals surface area contributed by atoms with Crippen LogP contribution in [0.3, 0.4) is 0 Å². The number of nitrogens with zero attached hydrogens (tertiary/aromatic N) is 1. The van der Waals surface area contributed by atoms with Crippen LogP contribution in [-0.4, -0.2) is 9.55 Å². The Kier molecular flexibility index (Phi) is 3.32. The lowest BCUT2D eigenvalue weighted by Crippen LogP contribution is -1.97. The maximum atomic E-state index is 6.25. The van der Waals surface area contributed by atoms with Crippen molar-refractivity contribution in [3.8, 4) is 0 Å². The van der Waals surface area contributed by atoms with Gasteiger partial charge in [-0.15, -0.1) is 11.3 Å². The fraction of sp³-hybridized carbons (Fsp3) is 0.0833. The van der Waals surface area contributed by atoms with E-state index in [1.807, 2.05) is 22.8 Å². The third-order valence-corrected chi connectivity index (χ3v) is 4.99. The predicted octanol–water partition coefficient (Wildman–Crippen LogP) is 5.22.